The maximum atomic E-state index is 12.4. The lowest BCUT2D eigenvalue weighted by Gasteiger charge is -2.45. The van der Waals surface area contributed by atoms with Crippen molar-refractivity contribution in [1.29, 1.82) is 0 Å². The van der Waals surface area contributed by atoms with Crippen LogP contribution in [0.15, 0.2) is 18.2 Å². The summed E-state index contributed by atoms with van der Waals surface area (Å²) in [5, 5.41) is 3.69. The molecule has 1 aromatic rings. The number of carbonyl (C=O) groups is 1. The molecule has 2 bridgehead atoms. The standard InChI is InChI=1S/C17H21ClINO.CH2/c18-15-6-5-13(19)9-14(15)16(21)20-11-17-7-1-3-12(10-17)4-2-8-17;/h5-6,9,12H,1-4,7-8,10-11H2,(H,20,21);1H2. The summed E-state index contributed by atoms with van der Waals surface area (Å²) in [5.41, 5.74) is 0.953. The fourth-order valence-electron chi connectivity index (χ4n) is 4.10. The van der Waals surface area contributed by atoms with Gasteiger partial charge in [-0.3, -0.25) is 4.79 Å². The van der Waals surface area contributed by atoms with Crippen LogP contribution in [0.2, 0.25) is 5.02 Å². The van der Waals surface area contributed by atoms with E-state index in [4.69, 9.17) is 11.6 Å². The normalized spacial score (nSPS) is 26.9. The van der Waals surface area contributed by atoms with Gasteiger partial charge in [-0.05, 0) is 71.4 Å². The molecular weight excluding hydrogens is 409 g/mol. The Labute approximate surface area is 152 Å². The second-order valence-corrected chi connectivity index (χ2v) is 8.31. The summed E-state index contributed by atoms with van der Waals surface area (Å²) in [7, 11) is 0. The lowest BCUT2D eigenvalue weighted by Crippen LogP contribution is -2.43. The zero-order valence-corrected chi connectivity index (χ0v) is 15.8. The van der Waals surface area contributed by atoms with Crippen LogP contribution in [0, 0.1) is 22.3 Å². The van der Waals surface area contributed by atoms with Gasteiger partial charge in [0.15, 0.2) is 0 Å². The van der Waals surface area contributed by atoms with Crippen LogP contribution in [0.3, 0.4) is 0 Å². The largest absolute Gasteiger partial charge is 0.351 e. The van der Waals surface area contributed by atoms with E-state index in [2.05, 4.69) is 27.9 Å². The Morgan fingerprint density at radius 1 is 1.32 bits per heavy atom. The Morgan fingerprint density at radius 3 is 2.68 bits per heavy atom. The second-order valence-electron chi connectivity index (χ2n) is 6.66. The molecule has 2 fully saturated rings. The van der Waals surface area contributed by atoms with Gasteiger partial charge in [-0.25, -0.2) is 0 Å². The highest BCUT2D eigenvalue weighted by Gasteiger charge is 2.39. The van der Waals surface area contributed by atoms with Gasteiger partial charge in [-0.15, -0.1) is 0 Å². The molecule has 0 unspecified atom stereocenters. The molecule has 2 nitrogen and oxygen atoms in total. The van der Waals surface area contributed by atoms with Gasteiger partial charge in [0.25, 0.3) is 5.91 Å². The molecule has 0 atom stereocenters. The molecule has 0 saturated heterocycles. The van der Waals surface area contributed by atoms with Gasteiger partial charge in [0.05, 0.1) is 10.6 Å². The summed E-state index contributed by atoms with van der Waals surface area (Å²) in [6.45, 7) is 0.810. The molecular formula is C18H23ClINO. The van der Waals surface area contributed by atoms with E-state index in [1.165, 1.54) is 44.9 Å². The molecule has 4 heteroatoms. The number of fused-ring (bicyclic) bond motifs is 2. The van der Waals surface area contributed by atoms with Gasteiger partial charge in [-0.2, -0.15) is 0 Å². The Balaban J connectivity index is 0.00000176. The maximum absolute atomic E-state index is 12.4. The van der Waals surface area contributed by atoms with Crippen LogP contribution in [0.25, 0.3) is 0 Å². The van der Waals surface area contributed by atoms with E-state index in [1.54, 1.807) is 6.07 Å². The molecule has 120 valence electrons. The smallest absolute Gasteiger partial charge is 0.252 e. The first-order chi connectivity index (χ1) is 10.1. The summed E-state index contributed by atoms with van der Waals surface area (Å²) >= 11 is 8.36. The Hall–Kier alpha value is -0.290. The van der Waals surface area contributed by atoms with Crippen molar-refractivity contribution in [3.8, 4) is 0 Å². The van der Waals surface area contributed by atoms with Crippen molar-refractivity contribution in [2.75, 3.05) is 6.54 Å². The predicted molar refractivity (Wildman–Crippen MR) is 100 cm³/mol. The molecule has 0 spiro atoms. The van der Waals surface area contributed by atoms with Gasteiger partial charge in [-0.1, -0.05) is 44.7 Å². The average molecular weight is 432 g/mol. The van der Waals surface area contributed by atoms with Crippen LogP contribution in [0.1, 0.15) is 55.3 Å². The maximum Gasteiger partial charge on any atom is 0.252 e. The third-order valence-corrected chi connectivity index (χ3v) is 6.16. The van der Waals surface area contributed by atoms with Crippen molar-refractivity contribution < 1.29 is 4.79 Å². The van der Waals surface area contributed by atoms with Crippen molar-refractivity contribution in [1.82, 2.24) is 5.32 Å². The predicted octanol–water partition coefficient (Wildman–Crippen LogP) is 5.36. The third-order valence-electron chi connectivity index (χ3n) is 5.16. The highest BCUT2D eigenvalue weighted by atomic mass is 127. The first kappa shape index (κ1) is 18.1. The zero-order valence-electron chi connectivity index (χ0n) is 12.8. The molecule has 2 saturated carbocycles. The Bertz CT molecular complexity index is 536. The Morgan fingerprint density at radius 2 is 2.00 bits per heavy atom. The van der Waals surface area contributed by atoms with E-state index >= 15 is 0 Å². The average Bonchev–Trinajstić information content (AvgIpc) is 2.47. The van der Waals surface area contributed by atoms with Crippen LogP contribution in [0.5, 0.6) is 0 Å². The number of hydrogen-bond donors (Lipinski definition) is 1. The molecule has 0 aromatic heterocycles. The van der Waals surface area contributed by atoms with Gasteiger partial charge < -0.3 is 5.32 Å². The van der Waals surface area contributed by atoms with Gasteiger partial charge >= 0.3 is 0 Å². The fraction of sp³-hybridized carbons (Fsp3) is 0.556. The van der Waals surface area contributed by atoms with E-state index in [0.29, 0.717) is 16.0 Å². The van der Waals surface area contributed by atoms with Gasteiger partial charge in [0.1, 0.15) is 0 Å². The summed E-state index contributed by atoms with van der Waals surface area (Å²) in [5.74, 6) is 0.867. The number of nitrogens with one attached hydrogen (secondary N) is 1. The van der Waals surface area contributed by atoms with Crippen LogP contribution >= 0.6 is 34.2 Å². The minimum absolute atomic E-state index is 0. The molecule has 2 aliphatic rings. The summed E-state index contributed by atoms with van der Waals surface area (Å²) in [6.07, 6.45) is 9.26. The minimum atomic E-state index is -0.0272. The Kier molecular flexibility index (Phi) is 6.17. The number of amides is 1. The monoisotopic (exact) mass is 431 g/mol. The zero-order chi connectivity index (χ0) is 14.9. The van der Waals surface area contributed by atoms with E-state index in [-0.39, 0.29) is 13.3 Å². The van der Waals surface area contributed by atoms with Gasteiger partial charge in [0, 0.05) is 10.1 Å². The van der Waals surface area contributed by atoms with E-state index in [1.807, 2.05) is 12.1 Å². The van der Waals surface area contributed by atoms with Crippen molar-refractivity contribution in [3.63, 3.8) is 0 Å². The number of carbonyl (C=O) groups excluding carboxylic acids is 1. The molecule has 1 amide bonds. The molecule has 1 aromatic carbocycles. The molecule has 22 heavy (non-hydrogen) atoms. The number of halogens is 2. The number of benzene rings is 1. The number of hydrogen-bond acceptors (Lipinski definition) is 1. The SMILES string of the molecule is O=C(NCC12CCCC(CCC1)C2)c1cc(I)ccc1Cl.[CH2]. The van der Waals surface area contributed by atoms with Crippen LogP contribution < -0.4 is 5.32 Å². The van der Waals surface area contributed by atoms with Crippen LogP contribution in [-0.4, -0.2) is 12.5 Å². The van der Waals surface area contributed by atoms with Crippen LogP contribution in [0.4, 0.5) is 0 Å². The topological polar surface area (TPSA) is 29.1 Å². The molecule has 2 aliphatic carbocycles. The summed E-state index contributed by atoms with van der Waals surface area (Å²) < 4.78 is 1.04. The van der Waals surface area contributed by atoms with E-state index < -0.39 is 0 Å². The molecule has 2 radical (unpaired) electrons. The molecule has 1 N–H and O–H groups in total. The van der Waals surface area contributed by atoms with Crippen LogP contribution in [-0.2, 0) is 0 Å². The van der Waals surface area contributed by atoms with Crippen molar-refractivity contribution in [2.45, 2.75) is 44.9 Å². The fourth-order valence-corrected chi connectivity index (χ4v) is 4.80. The lowest BCUT2D eigenvalue weighted by atomic mass is 9.62. The quantitative estimate of drug-likeness (QED) is 0.641. The number of rotatable bonds is 3. The molecule has 0 heterocycles. The van der Waals surface area contributed by atoms with Crippen molar-refractivity contribution >= 4 is 40.1 Å². The third kappa shape index (κ3) is 3.97. The highest BCUT2D eigenvalue weighted by Crippen LogP contribution is 2.48. The van der Waals surface area contributed by atoms with Crippen molar-refractivity contribution in [2.24, 2.45) is 11.3 Å². The van der Waals surface area contributed by atoms with Crippen molar-refractivity contribution in [3.05, 3.63) is 39.8 Å². The second kappa shape index (κ2) is 7.52. The minimum Gasteiger partial charge on any atom is -0.351 e. The first-order valence-corrected chi connectivity index (χ1v) is 9.27. The molecule has 0 aliphatic heterocycles. The van der Waals surface area contributed by atoms with E-state index in [0.717, 1.165) is 16.0 Å². The van der Waals surface area contributed by atoms with E-state index in [9.17, 15) is 4.79 Å². The molecule has 3 rings (SSSR count). The van der Waals surface area contributed by atoms with Gasteiger partial charge in [0.2, 0.25) is 0 Å². The summed E-state index contributed by atoms with van der Waals surface area (Å²) in [4.78, 5) is 12.4. The lowest BCUT2D eigenvalue weighted by molar-refractivity contribution is 0.0682. The summed E-state index contributed by atoms with van der Waals surface area (Å²) in [6, 6.07) is 5.58. The first-order valence-electron chi connectivity index (χ1n) is 7.81. The highest BCUT2D eigenvalue weighted by molar-refractivity contribution is 14.1.